The van der Waals surface area contributed by atoms with Crippen molar-refractivity contribution in [2.75, 3.05) is 14.2 Å². The third kappa shape index (κ3) is 4.60. The Balaban J connectivity index is 1.80. The van der Waals surface area contributed by atoms with Crippen LogP contribution in [0.5, 0.6) is 11.5 Å². The zero-order valence-electron chi connectivity index (χ0n) is 15.4. The number of carbonyl (C=O) groups is 2. The van der Waals surface area contributed by atoms with Crippen molar-refractivity contribution in [1.29, 1.82) is 0 Å². The van der Waals surface area contributed by atoms with Gasteiger partial charge in [0.25, 0.3) is 16.8 Å². The summed E-state index contributed by atoms with van der Waals surface area (Å²) < 4.78 is 11.8. The lowest BCUT2D eigenvalue weighted by atomic mass is 10.1. The van der Waals surface area contributed by atoms with Crippen LogP contribution in [0.25, 0.3) is 6.08 Å². The zero-order valence-corrected chi connectivity index (χ0v) is 17.8. The summed E-state index contributed by atoms with van der Waals surface area (Å²) >= 11 is 4.32. The maximum absolute atomic E-state index is 12.1. The van der Waals surface area contributed by atoms with E-state index in [9.17, 15) is 19.7 Å². The first-order chi connectivity index (χ1) is 13.8. The summed E-state index contributed by atoms with van der Waals surface area (Å²) in [6.45, 7) is 0.189. The number of imide groups is 1. The molecule has 0 atom stereocenters. The Hall–Kier alpha value is -2.85. The van der Waals surface area contributed by atoms with E-state index in [2.05, 4.69) is 15.9 Å². The number of benzene rings is 2. The van der Waals surface area contributed by atoms with Crippen molar-refractivity contribution in [2.24, 2.45) is 0 Å². The van der Waals surface area contributed by atoms with Gasteiger partial charge in [0.1, 0.15) is 6.61 Å². The van der Waals surface area contributed by atoms with Crippen LogP contribution in [-0.2, 0) is 11.4 Å². The van der Waals surface area contributed by atoms with Crippen molar-refractivity contribution in [3.8, 4) is 11.5 Å². The molecule has 0 aromatic heterocycles. The molecule has 0 radical (unpaired) electrons. The third-order valence-corrected chi connectivity index (χ3v) is 5.75. The number of ether oxygens (including phenoxy) is 2. The number of methoxy groups -OCH3 is 1. The SMILES string of the molecule is COc1cc(/C=C2\SC(=O)N(C)C2=O)c(Br)cc1OCc1ccc([N+](=O)[O-])cc1. The minimum absolute atomic E-state index is 0.00919. The van der Waals surface area contributed by atoms with Gasteiger partial charge in [-0.2, -0.15) is 0 Å². The molecule has 0 spiro atoms. The lowest BCUT2D eigenvalue weighted by molar-refractivity contribution is -0.384. The average molecular weight is 479 g/mol. The Morgan fingerprint density at radius 1 is 1.21 bits per heavy atom. The highest BCUT2D eigenvalue weighted by molar-refractivity contribution is 9.10. The van der Waals surface area contributed by atoms with Gasteiger partial charge in [-0.25, -0.2) is 0 Å². The van der Waals surface area contributed by atoms with Gasteiger partial charge in [0.05, 0.1) is 16.9 Å². The van der Waals surface area contributed by atoms with Crippen LogP contribution in [0.1, 0.15) is 11.1 Å². The highest BCUT2D eigenvalue weighted by Crippen LogP contribution is 2.38. The van der Waals surface area contributed by atoms with E-state index in [0.717, 1.165) is 22.2 Å². The van der Waals surface area contributed by atoms with Crippen LogP contribution in [0.4, 0.5) is 10.5 Å². The molecular weight excluding hydrogens is 464 g/mol. The number of amides is 2. The zero-order chi connectivity index (χ0) is 21.1. The Morgan fingerprint density at radius 2 is 1.90 bits per heavy atom. The summed E-state index contributed by atoms with van der Waals surface area (Å²) in [5.74, 6) is 0.542. The molecule has 10 heteroatoms. The van der Waals surface area contributed by atoms with Crippen molar-refractivity contribution >= 4 is 50.6 Å². The number of carbonyl (C=O) groups excluding carboxylic acids is 2. The number of hydrogen-bond acceptors (Lipinski definition) is 7. The van der Waals surface area contributed by atoms with E-state index in [1.165, 1.54) is 26.3 Å². The standard InChI is InChI=1S/C19H15BrN2O6S/c1-21-18(23)17(29-19(21)24)8-12-7-15(27-2)16(9-14(12)20)28-10-11-3-5-13(6-4-11)22(25)26/h3-9H,10H2,1-2H3/b17-8-. The normalized spacial score (nSPS) is 15.1. The fourth-order valence-electron chi connectivity index (χ4n) is 2.50. The number of non-ortho nitro benzene ring substituents is 1. The van der Waals surface area contributed by atoms with Gasteiger partial charge in [-0.15, -0.1) is 0 Å². The van der Waals surface area contributed by atoms with Crippen LogP contribution in [0.2, 0.25) is 0 Å². The molecule has 1 heterocycles. The lowest BCUT2D eigenvalue weighted by Gasteiger charge is -2.13. The number of hydrogen-bond donors (Lipinski definition) is 0. The summed E-state index contributed by atoms with van der Waals surface area (Å²) in [5.41, 5.74) is 1.42. The number of rotatable bonds is 6. The molecule has 0 unspecified atom stereocenters. The molecule has 0 saturated carbocycles. The van der Waals surface area contributed by atoms with Gasteiger partial charge in [0, 0.05) is 23.7 Å². The second-order valence-electron chi connectivity index (χ2n) is 5.98. The minimum atomic E-state index is -0.462. The summed E-state index contributed by atoms with van der Waals surface area (Å²) in [6, 6.07) is 9.46. The van der Waals surface area contributed by atoms with E-state index in [1.54, 1.807) is 30.3 Å². The van der Waals surface area contributed by atoms with Gasteiger partial charge in [0.2, 0.25) is 0 Å². The summed E-state index contributed by atoms with van der Waals surface area (Å²) in [4.78, 5) is 35.4. The molecule has 1 aliphatic heterocycles. The maximum Gasteiger partial charge on any atom is 0.293 e. The molecule has 0 bridgehead atoms. The maximum atomic E-state index is 12.1. The Morgan fingerprint density at radius 3 is 2.45 bits per heavy atom. The molecule has 0 N–H and O–H groups in total. The van der Waals surface area contributed by atoms with Gasteiger partial charge in [-0.05, 0) is 53.2 Å². The smallest absolute Gasteiger partial charge is 0.293 e. The minimum Gasteiger partial charge on any atom is -0.493 e. The third-order valence-electron chi connectivity index (χ3n) is 4.10. The van der Waals surface area contributed by atoms with Crippen molar-refractivity contribution in [2.45, 2.75) is 6.61 Å². The fraction of sp³-hybridized carbons (Fsp3) is 0.158. The van der Waals surface area contributed by atoms with E-state index in [1.807, 2.05) is 0 Å². The quantitative estimate of drug-likeness (QED) is 0.339. The predicted octanol–water partition coefficient (Wildman–Crippen LogP) is 4.61. The molecule has 2 amide bonds. The van der Waals surface area contributed by atoms with Crippen LogP contribution < -0.4 is 9.47 Å². The van der Waals surface area contributed by atoms with Gasteiger partial charge in [0.15, 0.2) is 11.5 Å². The van der Waals surface area contributed by atoms with Crippen LogP contribution in [0, 0.1) is 10.1 Å². The van der Waals surface area contributed by atoms with Gasteiger partial charge in [-0.1, -0.05) is 15.9 Å². The summed E-state index contributed by atoms with van der Waals surface area (Å²) in [7, 11) is 2.93. The van der Waals surface area contributed by atoms with Crippen LogP contribution in [-0.4, -0.2) is 35.1 Å². The lowest BCUT2D eigenvalue weighted by Crippen LogP contribution is -2.22. The number of nitro groups is 1. The first-order valence-corrected chi connectivity index (χ1v) is 9.86. The molecule has 0 aliphatic carbocycles. The predicted molar refractivity (Wildman–Crippen MR) is 112 cm³/mol. The van der Waals surface area contributed by atoms with E-state index >= 15 is 0 Å². The van der Waals surface area contributed by atoms with Crippen LogP contribution in [0.3, 0.4) is 0 Å². The second kappa shape index (κ2) is 8.66. The second-order valence-corrected chi connectivity index (χ2v) is 7.83. The average Bonchev–Trinajstić information content (AvgIpc) is 2.94. The van der Waals surface area contributed by atoms with Crippen molar-refractivity contribution in [1.82, 2.24) is 4.90 Å². The van der Waals surface area contributed by atoms with Crippen LogP contribution >= 0.6 is 27.7 Å². The largest absolute Gasteiger partial charge is 0.493 e. The topological polar surface area (TPSA) is 99.0 Å². The van der Waals surface area contributed by atoms with Gasteiger partial charge < -0.3 is 9.47 Å². The summed E-state index contributed by atoms with van der Waals surface area (Å²) in [6.07, 6.45) is 1.61. The van der Waals surface area contributed by atoms with E-state index in [-0.39, 0.29) is 23.4 Å². The molecule has 2 aromatic carbocycles. The number of nitrogens with zero attached hydrogens (tertiary/aromatic N) is 2. The molecular formula is C19H15BrN2O6S. The first-order valence-electron chi connectivity index (χ1n) is 8.25. The molecule has 3 rings (SSSR count). The Labute approximate surface area is 178 Å². The number of halogens is 1. The molecule has 29 heavy (non-hydrogen) atoms. The van der Waals surface area contributed by atoms with Crippen molar-refractivity contribution < 1.29 is 24.0 Å². The van der Waals surface area contributed by atoms with Gasteiger partial charge in [-0.3, -0.25) is 24.6 Å². The molecule has 1 saturated heterocycles. The monoisotopic (exact) mass is 478 g/mol. The molecule has 1 fully saturated rings. The Kier molecular flexibility index (Phi) is 6.23. The molecule has 1 aliphatic rings. The number of thioether (sulfide) groups is 1. The highest BCUT2D eigenvalue weighted by Gasteiger charge is 2.32. The first kappa shape index (κ1) is 20.9. The highest BCUT2D eigenvalue weighted by atomic mass is 79.9. The van der Waals surface area contributed by atoms with E-state index < -0.39 is 4.92 Å². The van der Waals surface area contributed by atoms with Crippen molar-refractivity contribution in [3.05, 3.63) is 67.0 Å². The number of nitro benzene ring substituents is 1. The molecule has 8 nitrogen and oxygen atoms in total. The molecule has 2 aromatic rings. The van der Waals surface area contributed by atoms with E-state index in [4.69, 9.17) is 9.47 Å². The molecule has 150 valence electrons. The van der Waals surface area contributed by atoms with Crippen LogP contribution in [0.15, 0.2) is 45.8 Å². The fourth-order valence-corrected chi connectivity index (χ4v) is 3.75. The Bertz CT molecular complexity index is 1020. The summed E-state index contributed by atoms with van der Waals surface area (Å²) in [5, 5.41) is 10.4. The van der Waals surface area contributed by atoms with Gasteiger partial charge >= 0.3 is 0 Å². The van der Waals surface area contributed by atoms with E-state index in [0.29, 0.717) is 26.4 Å². The number of likely N-dealkylation sites (N-methyl/N-ethyl adjacent to an activating group) is 1. The van der Waals surface area contributed by atoms with Crippen molar-refractivity contribution in [3.63, 3.8) is 0 Å².